The molecule has 0 amide bonds. The van der Waals surface area contributed by atoms with Gasteiger partial charge in [0.2, 0.25) is 0 Å². The Balaban J connectivity index is 3.11. The van der Waals surface area contributed by atoms with Gasteiger partial charge in [-0.25, -0.2) is 4.79 Å². The molecule has 1 aromatic heterocycles. The second-order valence-electron chi connectivity index (χ2n) is 2.65. The summed E-state index contributed by atoms with van der Waals surface area (Å²) < 4.78 is 0. The molecule has 0 bridgehead atoms. The van der Waals surface area contributed by atoms with Crippen LogP contribution in [0, 0.1) is 0 Å². The summed E-state index contributed by atoms with van der Waals surface area (Å²) in [6, 6.07) is 4.96. The summed E-state index contributed by atoms with van der Waals surface area (Å²) in [7, 11) is 0. The number of carbonyl (C=O) groups is 1. The molecule has 13 heavy (non-hydrogen) atoms. The van der Waals surface area contributed by atoms with Gasteiger partial charge in [-0.15, -0.1) is 0 Å². The van der Waals surface area contributed by atoms with Gasteiger partial charge in [-0.05, 0) is 12.1 Å². The lowest BCUT2D eigenvalue weighted by Crippen LogP contribution is -2.47. The third-order valence-electron chi connectivity index (χ3n) is 1.75. The van der Waals surface area contributed by atoms with Crippen LogP contribution in [0.4, 0.5) is 0 Å². The minimum Gasteiger partial charge on any atom is -0.480 e. The van der Waals surface area contributed by atoms with Crippen molar-refractivity contribution in [3.8, 4) is 0 Å². The van der Waals surface area contributed by atoms with Crippen LogP contribution in [0.5, 0.6) is 0 Å². The van der Waals surface area contributed by atoms with E-state index in [1.54, 1.807) is 18.2 Å². The lowest BCUT2D eigenvalue weighted by molar-refractivity contribution is -0.142. The van der Waals surface area contributed by atoms with E-state index in [0.717, 1.165) is 0 Å². The van der Waals surface area contributed by atoms with Crippen molar-refractivity contribution < 1.29 is 9.90 Å². The van der Waals surface area contributed by atoms with Crippen molar-refractivity contribution in [2.24, 2.45) is 5.73 Å². The Morgan fingerprint density at radius 3 is 2.77 bits per heavy atom. The van der Waals surface area contributed by atoms with Gasteiger partial charge in [0.25, 0.3) is 0 Å². The van der Waals surface area contributed by atoms with E-state index in [9.17, 15) is 4.79 Å². The fourth-order valence-electron chi connectivity index (χ4n) is 0.885. The number of hydrogen-bond acceptors (Lipinski definition) is 4. The van der Waals surface area contributed by atoms with E-state index >= 15 is 0 Å². The summed E-state index contributed by atoms with van der Waals surface area (Å²) in [6.45, 7) is 0. The van der Waals surface area contributed by atoms with Crippen LogP contribution in [0.2, 0.25) is 0 Å². The molecular formula is C8H10N2O2S. The fourth-order valence-corrected chi connectivity index (χ4v) is 1.18. The third-order valence-corrected chi connectivity index (χ3v) is 2.25. The number of nitrogens with zero attached hydrogens (tertiary/aromatic N) is 1. The van der Waals surface area contributed by atoms with Gasteiger partial charge in [-0.2, -0.15) is 12.6 Å². The van der Waals surface area contributed by atoms with Gasteiger partial charge in [-0.1, -0.05) is 6.07 Å². The van der Waals surface area contributed by atoms with E-state index in [2.05, 4.69) is 17.6 Å². The number of hydrogen-bond donors (Lipinski definition) is 3. The van der Waals surface area contributed by atoms with Crippen molar-refractivity contribution >= 4 is 18.6 Å². The van der Waals surface area contributed by atoms with Gasteiger partial charge in [0.1, 0.15) is 0 Å². The molecule has 0 aliphatic heterocycles. The zero-order chi connectivity index (χ0) is 9.90. The smallest absolute Gasteiger partial charge is 0.330 e. The first kappa shape index (κ1) is 10.0. The molecule has 1 rings (SSSR count). The van der Waals surface area contributed by atoms with Crippen molar-refractivity contribution in [2.45, 2.75) is 5.54 Å². The summed E-state index contributed by atoms with van der Waals surface area (Å²) in [4.78, 5) is 14.7. The fraction of sp³-hybridized carbons (Fsp3) is 0.250. The molecule has 1 heterocycles. The highest BCUT2D eigenvalue weighted by molar-refractivity contribution is 7.80. The molecule has 0 spiro atoms. The van der Waals surface area contributed by atoms with Gasteiger partial charge in [0, 0.05) is 11.9 Å². The van der Waals surface area contributed by atoms with Crippen LogP contribution in [0.25, 0.3) is 0 Å². The second kappa shape index (κ2) is 3.76. The Morgan fingerprint density at radius 2 is 2.38 bits per heavy atom. The zero-order valence-electron chi connectivity index (χ0n) is 6.84. The summed E-state index contributed by atoms with van der Waals surface area (Å²) >= 11 is 3.91. The Bertz CT molecular complexity index is 304. The molecular weight excluding hydrogens is 188 g/mol. The predicted octanol–water partition coefficient (Wildman–Crippen LogP) is 0.250. The summed E-state index contributed by atoms with van der Waals surface area (Å²) in [6.07, 6.45) is 1.50. The van der Waals surface area contributed by atoms with Crippen molar-refractivity contribution in [1.29, 1.82) is 0 Å². The molecule has 0 fully saturated rings. The largest absolute Gasteiger partial charge is 0.480 e. The molecule has 3 N–H and O–H groups in total. The third kappa shape index (κ3) is 1.81. The number of pyridine rings is 1. The molecule has 5 heteroatoms. The zero-order valence-corrected chi connectivity index (χ0v) is 7.74. The van der Waals surface area contributed by atoms with Crippen molar-refractivity contribution in [3.63, 3.8) is 0 Å². The van der Waals surface area contributed by atoms with Crippen LogP contribution in [-0.4, -0.2) is 21.8 Å². The number of carboxylic acids is 1. The first-order chi connectivity index (χ1) is 6.11. The van der Waals surface area contributed by atoms with Gasteiger partial charge in [0.05, 0.1) is 5.69 Å². The highest BCUT2D eigenvalue weighted by Crippen LogP contribution is 2.17. The Kier molecular flexibility index (Phi) is 2.90. The summed E-state index contributed by atoms with van der Waals surface area (Å²) in [5.74, 6) is -1.11. The average molecular weight is 198 g/mol. The number of nitrogens with two attached hydrogens (primary N) is 1. The van der Waals surface area contributed by atoms with Crippen molar-refractivity contribution in [1.82, 2.24) is 4.98 Å². The monoisotopic (exact) mass is 198 g/mol. The van der Waals surface area contributed by atoms with Crippen LogP contribution in [0.1, 0.15) is 5.69 Å². The highest BCUT2D eigenvalue weighted by Gasteiger charge is 2.35. The number of aromatic nitrogens is 1. The van der Waals surface area contributed by atoms with Crippen LogP contribution in [0.15, 0.2) is 24.4 Å². The number of aliphatic carboxylic acids is 1. The van der Waals surface area contributed by atoms with E-state index in [4.69, 9.17) is 10.8 Å². The maximum absolute atomic E-state index is 10.8. The molecule has 1 unspecified atom stereocenters. The Hall–Kier alpha value is -1.07. The van der Waals surface area contributed by atoms with Gasteiger partial charge in [-0.3, -0.25) is 4.98 Å². The summed E-state index contributed by atoms with van der Waals surface area (Å²) in [5, 5.41) is 8.87. The van der Waals surface area contributed by atoms with Crippen molar-refractivity contribution in [2.75, 3.05) is 5.75 Å². The molecule has 0 aliphatic carbocycles. The molecule has 1 atom stereocenters. The molecule has 0 radical (unpaired) electrons. The van der Waals surface area contributed by atoms with E-state index < -0.39 is 11.5 Å². The second-order valence-corrected chi connectivity index (χ2v) is 2.97. The first-order valence-corrected chi connectivity index (χ1v) is 4.29. The molecule has 0 aliphatic rings. The minimum absolute atomic E-state index is 0.0132. The first-order valence-electron chi connectivity index (χ1n) is 3.66. The number of carboxylic acid groups (broad SMARTS) is 1. The predicted molar refractivity (Wildman–Crippen MR) is 51.6 cm³/mol. The topological polar surface area (TPSA) is 76.2 Å². The van der Waals surface area contributed by atoms with Crippen molar-refractivity contribution in [3.05, 3.63) is 30.1 Å². The van der Waals surface area contributed by atoms with Gasteiger partial charge < -0.3 is 10.8 Å². The highest BCUT2D eigenvalue weighted by atomic mass is 32.1. The van der Waals surface area contributed by atoms with E-state index in [0.29, 0.717) is 5.69 Å². The number of thiol groups is 1. The van der Waals surface area contributed by atoms with E-state index in [-0.39, 0.29) is 5.75 Å². The van der Waals surface area contributed by atoms with E-state index in [1.165, 1.54) is 6.20 Å². The lowest BCUT2D eigenvalue weighted by atomic mass is 9.99. The maximum Gasteiger partial charge on any atom is 0.330 e. The van der Waals surface area contributed by atoms with Crippen LogP contribution >= 0.6 is 12.6 Å². The van der Waals surface area contributed by atoms with Crippen LogP contribution < -0.4 is 5.73 Å². The molecule has 4 nitrogen and oxygen atoms in total. The Labute approximate surface area is 81.2 Å². The van der Waals surface area contributed by atoms with E-state index in [1.807, 2.05) is 0 Å². The SMILES string of the molecule is NC(CS)(C(=O)O)c1ccccn1. The molecule has 0 aromatic carbocycles. The van der Waals surface area contributed by atoms with Gasteiger partial charge in [0.15, 0.2) is 5.54 Å². The normalized spacial score (nSPS) is 14.9. The summed E-state index contributed by atoms with van der Waals surface area (Å²) in [5.41, 5.74) is 4.44. The van der Waals surface area contributed by atoms with Crippen LogP contribution in [0.3, 0.4) is 0 Å². The quantitative estimate of drug-likeness (QED) is 0.608. The Morgan fingerprint density at radius 1 is 1.69 bits per heavy atom. The maximum atomic E-state index is 10.8. The van der Waals surface area contributed by atoms with Gasteiger partial charge >= 0.3 is 5.97 Å². The van der Waals surface area contributed by atoms with Crippen LogP contribution in [-0.2, 0) is 10.3 Å². The molecule has 0 saturated carbocycles. The molecule has 70 valence electrons. The lowest BCUT2D eigenvalue weighted by Gasteiger charge is -2.21. The number of rotatable bonds is 3. The minimum atomic E-state index is -1.50. The molecule has 0 saturated heterocycles. The standard InChI is InChI=1S/C8H10N2O2S/c9-8(5-13,7(11)12)6-3-1-2-4-10-6/h1-4,13H,5,9H2,(H,11,12). The average Bonchev–Trinajstić information content (AvgIpc) is 2.17. The molecule has 1 aromatic rings.